The van der Waals surface area contributed by atoms with E-state index in [0.717, 1.165) is 10.6 Å². The molecule has 0 saturated heterocycles. The fraction of sp³-hybridized carbons (Fsp3) is 0.111. The summed E-state index contributed by atoms with van der Waals surface area (Å²) in [6.07, 6.45) is 0. The van der Waals surface area contributed by atoms with E-state index in [4.69, 9.17) is 0 Å². The van der Waals surface area contributed by atoms with E-state index in [2.05, 4.69) is 15.0 Å². The van der Waals surface area contributed by atoms with Crippen LogP contribution in [-0.2, 0) is 0 Å². The van der Waals surface area contributed by atoms with Gasteiger partial charge in [-0.25, -0.2) is 4.98 Å². The number of hydrogen-bond acceptors (Lipinski definition) is 4. The molecule has 3 rings (SSSR count). The molecule has 0 saturated carbocycles. The van der Waals surface area contributed by atoms with E-state index in [0.29, 0.717) is 10.6 Å². The van der Waals surface area contributed by atoms with Crippen molar-refractivity contribution in [3.63, 3.8) is 0 Å². The molecule has 1 heterocycles. The van der Waals surface area contributed by atoms with Gasteiger partial charge >= 0.3 is 6.61 Å². The van der Waals surface area contributed by atoms with Crippen molar-refractivity contribution in [1.29, 1.82) is 0 Å². The molecule has 128 valence electrons. The number of para-hydroxylation sites is 2. The zero-order valence-corrected chi connectivity index (χ0v) is 14.0. The number of aryl methyl sites for hydroxylation is 1. The van der Waals surface area contributed by atoms with Crippen LogP contribution in [0, 0.1) is 6.92 Å². The largest absolute Gasteiger partial charge is 0.433 e. The average molecular weight is 360 g/mol. The fourth-order valence-corrected chi connectivity index (χ4v) is 3.23. The quantitative estimate of drug-likeness (QED) is 0.699. The van der Waals surface area contributed by atoms with Gasteiger partial charge in [-0.05, 0) is 19.1 Å². The molecule has 0 unspecified atom stereocenters. The summed E-state index contributed by atoms with van der Waals surface area (Å²) in [4.78, 5) is 17.4. The minimum atomic E-state index is -2.96. The summed E-state index contributed by atoms with van der Waals surface area (Å²) >= 11 is 1.25. The average Bonchev–Trinajstić information content (AvgIpc) is 2.99. The molecule has 1 N–H and O–H groups in total. The van der Waals surface area contributed by atoms with Crippen molar-refractivity contribution in [2.75, 3.05) is 5.32 Å². The first-order valence-electron chi connectivity index (χ1n) is 7.42. The fourth-order valence-electron chi connectivity index (χ4n) is 2.26. The number of alkyl halides is 2. The summed E-state index contributed by atoms with van der Waals surface area (Å²) in [5.74, 6) is -0.501. The van der Waals surface area contributed by atoms with Crippen LogP contribution in [0.3, 0.4) is 0 Å². The second-order valence-electron chi connectivity index (χ2n) is 5.13. The smallest absolute Gasteiger partial charge is 0.387 e. The first kappa shape index (κ1) is 17.0. The summed E-state index contributed by atoms with van der Waals surface area (Å²) in [5, 5.41) is 3.33. The third kappa shape index (κ3) is 4.00. The number of carbonyl (C=O) groups is 1. The predicted octanol–water partition coefficient (Wildman–Crippen LogP) is 4.97. The van der Waals surface area contributed by atoms with Gasteiger partial charge in [0.05, 0.1) is 11.4 Å². The van der Waals surface area contributed by atoms with Crippen molar-refractivity contribution >= 4 is 22.9 Å². The lowest BCUT2D eigenvalue weighted by molar-refractivity contribution is -0.0493. The molecule has 0 bridgehead atoms. The molecule has 0 aliphatic heterocycles. The number of aromatic nitrogens is 1. The summed E-state index contributed by atoms with van der Waals surface area (Å²) in [6, 6.07) is 15.6. The highest BCUT2D eigenvalue weighted by molar-refractivity contribution is 7.17. The van der Waals surface area contributed by atoms with Gasteiger partial charge in [0.1, 0.15) is 15.6 Å². The minimum absolute atomic E-state index is 0.0868. The number of benzene rings is 2. The van der Waals surface area contributed by atoms with Crippen LogP contribution in [0.5, 0.6) is 5.75 Å². The summed E-state index contributed by atoms with van der Waals surface area (Å²) < 4.78 is 29.4. The van der Waals surface area contributed by atoms with E-state index in [1.165, 1.54) is 23.5 Å². The standard InChI is InChI=1S/C18H14F2N2O2S/c1-11-15(25-17(21-11)12-7-3-2-4-8-12)16(23)22-13-9-5-6-10-14(13)24-18(19)20/h2-10,18H,1H3,(H,22,23). The lowest BCUT2D eigenvalue weighted by Crippen LogP contribution is -2.13. The van der Waals surface area contributed by atoms with E-state index >= 15 is 0 Å². The van der Waals surface area contributed by atoms with Gasteiger partial charge in [0.25, 0.3) is 5.91 Å². The van der Waals surface area contributed by atoms with Crippen molar-refractivity contribution in [2.24, 2.45) is 0 Å². The minimum Gasteiger partial charge on any atom is -0.433 e. The summed E-state index contributed by atoms with van der Waals surface area (Å²) in [7, 11) is 0. The molecule has 0 spiro atoms. The second-order valence-corrected chi connectivity index (χ2v) is 6.13. The molecule has 2 aromatic carbocycles. The molecule has 0 atom stereocenters. The van der Waals surface area contributed by atoms with Crippen LogP contribution in [0.15, 0.2) is 54.6 Å². The first-order chi connectivity index (χ1) is 12.0. The number of thiazole rings is 1. The maximum absolute atomic E-state index is 12.5. The normalized spacial score (nSPS) is 10.7. The third-order valence-corrected chi connectivity index (χ3v) is 4.58. The van der Waals surface area contributed by atoms with Gasteiger partial charge in [-0.2, -0.15) is 8.78 Å². The number of nitrogens with zero attached hydrogens (tertiary/aromatic N) is 1. The van der Waals surface area contributed by atoms with Crippen LogP contribution in [0.1, 0.15) is 15.4 Å². The molecular weight excluding hydrogens is 346 g/mol. The Hall–Kier alpha value is -2.80. The van der Waals surface area contributed by atoms with Crippen molar-refractivity contribution in [3.05, 3.63) is 65.2 Å². The molecule has 0 aliphatic rings. The SMILES string of the molecule is Cc1nc(-c2ccccc2)sc1C(=O)Nc1ccccc1OC(F)F. The Morgan fingerprint density at radius 1 is 1.12 bits per heavy atom. The molecule has 25 heavy (non-hydrogen) atoms. The van der Waals surface area contributed by atoms with Gasteiger partial charge in [0, 0.05) is 5.56 Å². The predicted molar refractivity (Wildman–Crippen MR) is 93.3 cm³/mol. The maximum atomic E-state index is 12.5. The second kappa shape index (κ2) is 7.40. The van der Waals surface area contributed by atoms with Crippen LogP contribution in [0.2, 0.25) is 0 Å². The first-order valence-corrected chi connectivity index (χ1v) is 8.24. The number of anilines is 1. The zero-order chi connectivity index (χ0) is 17.8. The van der Waals surface area contributed by atoms with Crippen molar-refractivity contribution in [2.45, 2.75) is 13.5 Å². The summed E-state index contributed by atoms with van der Waals surface area (Å²) in [6.45, 7) is -1.23. The molecular formula is C18H14F2N2O2S. The van der Waals surface area contributed by atoms with Crippen molar-refractivity contribution in [3.8, 4) is 16.3 Å². The Kier molecular flexibility index (Phi) is 5.04. The zero-order valence-electron chi connectivity index (χ0n) is 13.2. The van der Waals surface area contributed by atoms with Gasteiger partial charge in [-0.15, -0.1) is 11.3 Å². The van der Waals surface area contributed by atoms with Crippen LogP contribution < -0.4 is 10.1 Å². The number of hydrogen-bond donors (Lipinski definition) is 1. The molecule has 4 nitrogen and oxygen atoms in total. The monoisotopic (exact) mass is 360 g/mol. The Balaban J connectivity index is 1.84. The van der Waals surface area contributed by atoms with E-state index < -0.39 is 12.5 Å². The molecule has 1 amide bonds. The van der Waals surface area contributed by atoms with Gasteiger partial charge in [-0.1, -0.05) is 42.5 Å². The van der Waals surface area contributed by atoms with Gasteiger partial charge < -0.3 is 10.1 Å². The summed E-state index contributed by atoms with van der Waals surface area (Å²) in [5.41, 5.74) is 1.67. The highest BCUT2D eigenvalue weighted by Crippen LogP contribution is 2.30. The van der Waals surface area contributed by atoms with E-state index in [1.807, 2.05) is 30.3 Å². The highest BCUT2D eigenvalue weighted by Gasteiger charge is 2.18. The Morgan fingerprint density at radius 3 is 2.52 bits per heavy atom. The maximum Gasteiger partial charge on any atom is 0.387 e. The lowest BCUT2D eigenvalue weighted by atomic mass is 10.2. The number of ether oxygens (including phenoxy) is 1. The van der Waals surface area contributed by atoms with Crippen molar-refractivity contribution in [1.82, 2.24) is 4.98 Å². The lowest BCUT2D eigenvalue weighted by Gasteiger charge is -2.11. The van der Waals surface area contributed by atoms with Crippen LogP contribution in [0.25, 0.3) is 10.6 Å². The topological polar surface area (TPSA) is 51.2 Å². The van der Waals surface area contributed by atoms with E-state index in [1.54, 1.807) is 19.1 Å². The Bertz CT molecular complexity index is 882. The third-order valence-electron chi connectivity index (χ3n) is 3.37. The number of halogens is 2. The van der Waals surface area contributed by atoms with Gasteiger partial charge in [0.15, 0.2) is 0 Å². The van der Waals surface area contributed by atoms with Crippen LogP contribution in [0.4, 0.5) is 14.5 Å². The highest BCUT2D eigenvalue weighted by atomic mass is 32.1. The molecule has 0 radical (unpaired) electrons. The van der Waals surface area contributed by atoms with Crippen LogP contribution >= 0.6 is 11.3 Å². The Labute approximate surface area is 147 Å². The van der Waals surface area contributed by atoms with Crippen LogP contribution in [-0.4, -0.2) is 17.5 Å². The van der Waals surface area contributed by atoms with E-state index in [9.17, 15) is 13.6 Å². The molecule has 1 aromatic heterocycles. The van der Waals surface area contributed by atoms with Crippen molar-refractivity contribution < 1.29 is 18.3 Å². The number of carbonyl (C=O) groups excluding carboxylic acids is 1. The number of amides is 1. The van der Waals surface area contributed by atoms with E-state index in [-0.39, 0.29) is 11.4 Å². The Morgan fingerprint density at radius 2 is 1.80 bits per heavy atom. The number of rotatable bonds is 5. The number of nitrogens with one attached hydrogen (secondary N) is 1. The van der Waals surface area contributed by atoms with Gasteiger partial charge in [-0.3, -0.25) is 4.79 Å². The molecule has 7 heteroatoms. The molecule has 0 aliphatic carbocycles. The molecule has 3 aromatic rings. The van der Waals surface area contributed by atoms with Gasteiger partial charge in [0.2, 0.25) is 0 Å². The molecule has 0 fully saturated rings.